The quantitative estimate of drug-likeness (QED) is 0.780. The summed E-state index contributed by atoms with van der Waals surface area (Å²) in [7, 11) is 0. The van der Waals surface area contributed by atoms with E-state index in [1.54, 1.807) is 12.1 Å². The van der Waals surface area contributed by atoms with Crippen LogP contribution in [-0.2, 0) is 0 Å². The van der Waals surface area contributed by atoms with E-state index >= 15 is 0 Å². The summed E-state index contributed by atoms with van der Waals surface area (Å²) in [6.07, 6.45) is 0.531. The van der Waals surface area contributed by atoms with E-state index in [0.29, 0.717) is 6.29 Å². The largest absolute Gasteiger partial charge is 0.478 e. The summed E-state index contributed by atoms with van der Waals surface area (Å²) in [5.74, 6) is -1.08. The molecule has 0 aliphatic rings. The van der Waals surface area contributed by atoms with Crippen molar-refractivity contribution in [2.75, 3.05) is 0 Å². The number of hydrogen-bond acceptors (Lipinski definition) is 2. The normalized spacial score (nSPS) is 7.69. The number of halogens is 2. The van der Waals surface area contributed by atoms with Crippen molar-refractivity contribution in [2.24, 2.45) is 0 Å². The Labute approximate surface area is 87.6 Å². The molecule has 1 aromatic rings. The van der Waals surface area contributed by atoms with Crippen LogP contribution in [0.15, 0.2) is 24.3 Å². The lowest BCUT2D eigenvalue weighted by Gasteiger charge is -1.95. The van der Waals surface area contributed by atoms with E-state index in [0.717, 1.165) is 0 Å². The second-order valence-corrected chi connectivity index (χ2v) is 2.01. The van der Waals surface area contributed by atoms with Crippen molar-refractivity contribution in [3.05, 3.63) is 35.4 Å². The first-order valence-corrected chi connectivity index (χ1v) is 3.03. The van der Waals surface area contributed by atoms with Gasteiger partial charge in [-0.25, -0.2) is 4.79 Å². The third kappa shape index (κ3) is 3.44. The molecule has 13 heavy (non-hydrogen) atoms. The minimum atomic E-state index is -1.08. The maximum atomic E-state index is 10.4. The van der Waals surface area contributed by atoms with Crippen LogP contribution in [0.3, 0.4) is 0 Å². The van der Waals surface area contributed by atoms with Crippen LogP contribution in [0, 0.1) is 0 Å². The third-order valence-corrected chi connectivity index (χ3v) is 1.32. The molecular formula is C8H8Cl2O3. The molecular weight excluding hydrogens is 215 g/mol. The Morgan fingerprint density at radius 3 is 2.15 bits per heavy atom. The van der Waals surface area contributed by atoms with Gasteiger partial charge >= 0.3 is 5.97 Å². The number of aldehydes is 1. The van der Waals surface area contributed by atoms with Crippen LogP contribution >= 0.6 is 24.8 Å². The second-order valence-electron chi connectivity index (χ2n) is 2.01. The van der Waals surface area contributed by atoms with Gasteiger partial charge < -0.3 is 5.11 Å². The summed E-state index contributed by atoms with van der Waals surface area (Å²) in [4.78, 5) is 20.7. The van der Waals surface area contributed by atoms with Gasteiger partial charge in [-0.15, -0.1) is 24.8 Å². The zero-order chi connectivity index (χ0) is 8.27. The average molecular weight is 223 g/mol. The van der Waals surface area contributed by atoms with E-state index in [1.165, 1.54) is 12.1 Å². The Hall–Kier alpha value is -1.06. The fourth-order valence-electron chi connectivity index (χ4n) is 0.795. The minimum Gasteiger partial charge on any atom is -0.478 e. The molecule has 0 spiro atoms. The molecule has 72 valence electrons. The summed E-state index contributed by atoms with van der Waals surface area (Å²) >= 11 is 0. The average Bonchev–Trinajstić information content (AvgIpc) is 2.04. The molecule has 0 unspecified atom stereocenters. The van der Waals surface area contributed by atoms with Gasteiger partial charge in [0.25, 0.3) is 0 Å². The third-order valence-electron chi connectivity index (χ3n) is 1.32. The summed E-state index contributed by atoms with van der Waals surface area (Å²) in [6, 6.07) is 6.06. The number of hydrogen-bond donors (Lipinski definition) is 1. The molecule has 1 aromatic carbocycles. The van der Waals surface area contributed by atoms with Crippen LogP contribution in [0.4, 0.5) is 0 Å². The van der Waals surface area contributed by atoms with Crippen LogP contribution in [0.2, 0.25) is 0 Å². The molecule has 0 aliphatic carbocycles. The molecule has 0 saturated heterocycles. The van der Waals surface area contributed by atoms with Gasteiger partial charge in [0.15, 0.2) is 6.29 Å². The molecule has 0 aromatic heterocycles. The van der Waals surface area contributed by atoms with Gasteiger partial charge in [-0.3, -0.25) is 4.79 Å². The van der Waals surface area contributed by atoms with Gasteiger partial charge in [0.2, 0.25) is 0 Å². The first-order chi connectivity index (χ1) is 5.25. The summed E-state index contributed by atoms with van der Waals surface area (Å²) in [5, 5.41) is 8.54. The molecule has 0 atom stereocenters. The van der Waals surface area contributed by atoms with E-state index in [2.05, 4.69) is 0 Å². The molecule has 5 heteroatoms. The molecule has 0 fully saturated rings. The lowest BCUT2D eigenvalue weighted by atomic mass is 10.1. The molecule has 0 radical (unpaired) electrons. The summed E-state index contributed by atoms with van der Waals surface area (Å²) in [5.41, 5.74) is 0.252. The minimum absolute atomic E-state index is 0. The highest BCUT2D eigenvalue weighted by molar-refractivity contribution is 5.96. The summed E-state index contributed by atoms with van der Waals surface area (Å²) in [6.45, 7) is 0. The molecule has 1 rings (SSSR count). The van der Waals surface area contributed by atoms with E-state index in [4.69, 9.17) is 5.11 Å². The molecule has 0 bridgehead atoms. The molecule has 3 nitrogen and oxygen atoms in total. The first kappa shape index (κ1) is 14.5. The predicted molar refractivity (Wildman–Crippen MR) is 53.3 cm³/mol. The number of aromatic carboxylic acids is 1. The van der Waals surface area contributed by atoms with E-state index in [9.17, 15) is 9.59 Å². The number of carboxylic acid groups (broad SMARTS) is 1. The van der Waals surface area contributed by atoms with Gasteiger partial charge in [0.1, 0.15) is 0 Å². The maximum Gasteiger partial charge on any atom is 0.336 e. The van der Waals surface area contributed by atoms with Crippen molar-refractivity contribution in [3.63, 3.8) is 0 Å². The molecule has 0 saturated carbocycles. The highest BCUT2D eigenvalue weighted by atomic mass is 35.5. The number of carbonyl (C=O) groups excluding carboxylic acids is 1. The molecule has 0 heterocycles. The monoisotopic (exact) mass is 222 g/mol. The topological polar surface area (TPSA) is 54.4 Å². The Bertz CT molecular complexity index is 299. The smallest absolute Gasteiger partial charge is 0.336 e. The Morgan fingerprint density at radius 2 is 1.77 bits per heavy atom. The number of benzene rings is 1. The number of carbonyl (C=O) groups is 2. The molecule has 0 aliphatic heterocycles. The fraction of sp³-hybridized carbons (Fsp3) is 0. The van der Waals surface area contributed by atoms with Gasteiger partial charge in [0, 0.05) is 5.56 Å². The zero-order valence-electron chi connectivity index (χ0n) is 6.47. The number of rotatable bonds is 2. The first-order valence-electron chi connectivity index (χ1n) is 3.03. The van der Waals surface area contributed by atoms with Crippen molar-refractivity contribution >= 4 is 37.1 Å². The van der Waals surface area contributed by atoms with Gasteiger partial charge in [-0.05, 0) is 6.07 Å². The van der Waals surface area contributed by atoms with Crippen LogP contribution in [0.1, 0.15) is 20.7 Å². The Balaban J connectivity index is 0. The van der Waals surface area contributed by atoms with Crippen LogP contribution in [0.25, 0.3) is 0 Å². The van der Waals surface area contributed by atoms with Crippen molar-refractivity contribution in [3.8, 4) is 0 Å². The maximum absolute atomic E-state index is 10.4. The lowest BCUT2D eigenvalue weighted by Crippen LogP contribution is -2.00. The van der Waals surface area contributed by atoms with E-state index in [1.807, 2.05) is 0 Å². The highest BCUT2D eigenvalue weighted by Crippen LogP contribution is 2.04. The Kier molecular flexibility index (Phi) is 7.18. The predicted octanol–water partition coefficient (Wildman–Crippen LogP) is 2.04. The van der Waals surface area contributed by atoms with Crippen molar-refractivity contribution < 1.29 is 14.7 Å². The molecule has 0 amide bonds. The SMILES string of the molecule is Cl.Cl.O=Cc1ccccc1C(=O)O. The summed E-state index contributed by atoms with van der Waals surface area (Å²) < 4.78 is 0. The zero-order valence-corrected chi connectivity index (χ0v) is 8.10. The second kappa shape index (κ2) is 6.46. The van der Waals surface area contributed by atoms with E-state index < -0.39 is 5.97 Å². The Morgan fingerprint density at radius 1 is 1.23 bits per heavy atom. The van der Waals surface area contributed by atoms with Gasteiger partial charge in [-0.1, -0.05) is 18.2 Å². The van der Waals surface area contributed by atoms with Crippen molar-refractivity contribution in [1.82, 2.24) is 0 Å². The number of carboxylic acids is 1. The van der Waals surface area contributed by atoms with E-state index in [-0.39, 0.29) is 35.9 Å². The fourth-order valence-corrected chi connectivity index (χ4v) is 0.795. The van der Waals surface area contributed by atoms with Crippen LogP contribution < -0.4 is 0 Å². The van der Waals surface area contributed by atoms with Crippen LogP contribution in [0.5, 0.6) is 0 Å². The highest BCUT2D eigenvalue weighted by Gasteiger charge is 2.06. The van der Waals surface area contributed by atoms with Crippen molar-refractivity contribution in [1.29, 1.82) is 0 Å². The standard InChI is InChI=1S/C8H6O3.2ClH/c9-5-6-3-1-2-4-7(6)8(10)11;;/h1-5H,(H,10,11);2*1H. The lowest BCUT2D eigenvalue weighted by molar-refractivity contribution is 0.0694. The van der Waals surface area contributed by atoms with Gasteiger partial charge in [0.05, 0.1) is 5.56 Å². The van der Waals surface area contributed by atoms with Gasteiger partial charge in [-0.2, -0.15) is 0 Å². The van der Waals surface area contributed by atoms with Crippen LogP contribution in [-0.4, -0.2) is 17.4 Å². The van der Waals surface area contributed by atoms with Crippen molar-refractivity contribution in [2.45, 2.75) is 0 Å². The molecule has 1 N–H and O–H groups in total.